The maximum Gasteiger partial charge on any atom is 0.472 e. The van der Waals surface area contributed by atoms with E-state index in [1.807, 2.05) is 0 Å². The second kappa shape index (κ2) is 33.0. The highest BCUT2D eigenvalue weighted by molar-refractivity contribution is 7.47. The zero-order valence-corrected chi connectivity index (χ0v) is 33.6. The minimum absolute atomic E-state index is 0.183. The van der Waals surface area contributed by atoms with Crippen LogP contribution in [0.25, 0.3) is 0 Å². The van der Waals surface area contributed by atoms with E-state index >= 15 is 0 Å². The molecule has 1 rings (SSSR count). The third kappa shape index (κ3) is 30.0. The molecule has 52 heavy (non-hydrogen) atoms. The molecule has 0 aliphatic carbocycles. The van der Waals surface area contributed by atoms with Crippen LogP contribution >= 0.6 is 7.82 Å². The van der Waals surface area contributed by atoms with Crippen LogP contribution in [0.1, 0.15) is 181 Å². The first-order valence-corrected chi connectivity index (χ1v) is 22.3. The Bertz CT molecular complexity index is 946. The molecule has 1 aliphatic rings. The molecule has 0 aromatic heterocycles. The number of carbonyl (C=O) groups excluding carboxylic acids is 2. The van der Waals surface area contributed by atoms with E-state index in [0.29, 0.717) is 25.0 Å². The lowest BCUT2D eigenvalue weighted by atomic mass is 10.0. The highest BCUT2D eigenvalue weighted by Crippen LogP contribution is 2.43. The van der Waals surface area contributed by atoms with Crippen LogP contribution in [0, 0.1) is 0 Å². The van der Waals surface area contributed by atoms with Crippen molar-refractivity contribution >= 4 is 19.8 Å². The van der Waals surface area contributed by atoms with Crippen molar-refractivity contribution < 1.29 is 52.5 Å². The molecule has 3 N–H and O–H groups in total. The summed E-state index contributed by atoms with van der Waals surface area (Å²) in [5.74, 6) is -0.940. The molecule has 11 nitrogen and oxygen atoms in total. The zero-order valence-electron chi connectivity index (χ0n) is 32.7. The molecule has 1 heterocycles. The van der Waals surface area contributed by atoms with Crippen molar-refractivity contribution in [2.45, 2.75) is 205 Å². The van der Waals surface area contributed by atoms with Gasteiger partial charge in [0.1, 0.15) is 12.7 Å². The molecule has 1 aliphatic heterocycles. The Labute approximate surface area is 315 Å². The highest BCUT2D eigenvalue weighted by Gasteiger charge is 2.36. The first kappa shape index (κ1) is 48.7. The van der Waals surface area contributed by atoms with E-state index in [1.165, 1.54) is 83.5 Å². The molecule has 0 radical (unpaired) electrons. The van der Waals surface area contributed by atoms with Crippen LogP contribution in [-0.4, -0.2) is 77.9 Å². The number of rotatable bonds is 38. The van der Waals surface area contributed by atoms with Gasteiger partial charge in [0.05, 0.1) is 32.0 Å². The number of aliphatic hydroxyl groups is 2. The quantitative estimate of drug-likeness (QED) is 0.0181. The number of hydrogen-bond acceptors (Lipinski definition) is 10. The monoisotopic (exact) mass is 763 g/mol. The minimum Gasteiger partial charge on any atom is -0.462 e. The number of unbranched alkanes of at least 4 members (excludes halogenated alkanes) is 19. The van der Waals surface area contributed by atoms with Gasteiger partial charge in [0.15, 0.2) is 6.10 Å². The van der Waals surface area contributed by atoms with Gasteiger partial charge in [-0.2, -0.15) is 0 Å². The van der Waals surface area contributed by atoms with Crippen LogP contribution < -0.4 is 0 Å². The lowest BCUT2D eigenvalue weighted by molar-refractivity contribution is -0.161. The Morgan fingerprint density at radius 1 is 0.673 bits per heavy atom. The van der Waals surface area contributed by atoms with Crippen molar-refractivity contribution in [1.82, 2.24) is 0 Å². The number of aliphatic hydroxyl groups excluding tert-OH is 2. The SMILES string of the molecule is CCCCCCCCCCCCCCCC(=O)O[C@H](COC(=O)CCCCCCC/C=C\CC1OC1CCCCC)COP(=O)(O)OC[C@@H](O)CO. The predicted molar refractivity (Wildman–Crippen MR) is 205 cm³/mol. The van der Waals surface area contributed by atoms with Crippen LogP contribution in [0.2, 0.25) is 0 Å². The largest absolute Gasteiger partial charge is 0.472 e. The molecule has 0 aromatic carbocycles. The minimum atomic E-state index is -4.62. The smallest absolute Gasteiger partial charge is 0.462 e. The molecular weight excluding hydrogens is 687 g/mol. The number of phosphoric acid groups is 1. The fourth-order valence-electron chi connectivity index (χ4n) is 6.00. The molecule has 0 amide bonds. The summed E-state index contributed by atoms with van der Waals surface area (Å²) in [6.07, 6.45) is 30.6. The fraction of sp³-hybridized carbons (Fsp3) is 0.900. The second-order valence-corrected chi connectivity index (χ2v) is 15.9. The van der Waals surface area contributed by atoms with Gasteiger partial charge < -0.3 is 29.3 Å². The van der Waals surface area contributed by atoms with Crippen molar-refractivity contribution in [3.8, 4) is 0 Å². The van der Waals surface area contributed by atoms with Crippen molar-refractivity contribution in [3.63, 3.8) is 0 Å². The van der Waals surface area contributed by atoms with Crippen LogP contribution in [0.3, 0.4) is 0 Å². The summed E-state index contributed by atoms with van der Waals surface area (Å²) in [4.78, 5) is 34.9. The predicted octanol–water partition coefficient (Wildman–Crippen LogP) is 9.43. The van der Waals surface area contributed by atoms with Crippen LogP contribution in [0.15, 0.2) is 12.2 Å². The lowest BCUT2D eigenvalue weighted by Crippen LogP contribution is -2.29. The number of ether oxygens (including phenoxy) is 3. The Hall–Kier alpha value is -1.33. The Morgan fingerprint density at radius 3 is 1.79 bits per heavy atom. The highest BCUT2D eigenvalue weighted by atomic mass is 31.2. The van der Waals surface area contributed by atoms with E-state index < -0.39 is 51.8 Å². The van der Waals surface area contributed by atoms with E-state index in [9.17, 15) is 24.2 Å². The van der Waals surface area contributed by atoms with Gasteiger partial charge in [0.25, 0.3) is 0 Å². The Morgan fingerprint density at radius 2 is 1.19 bits per heavy atom. The van der Waals surface area contributed by atoms with Crippen LogP contribution in [-0.2, 0) is 37.4 Å². The molecule has 0 bridgehead atoms. The van der Waals surface area contributed by atoms with Crippen molar-refractivity contribution in [3.05, 3.63) is 12.2 Å². The summed E-state index contributed by atoms with van der Waals surface area (Å²) in [5.41, 5.74) is 0. The van der Waals surface area contributed by atoms with Gasteiger partial charge in [-0.15, -0.1) is 0 Å². The van der Waals surface area contributed by atoms with E-state index in [0.717, 1.165) is 57.8 Å². The number of allylic oxidation sites excluding steroid dienone is 1. The first-order valence-electron chi connectivity index (χ1n) is 20.8. The molecule has 306 valence electrons. The van der Waals surface area contributed by atoms with Crippen LogP contribution in [0.5, 0.6) is 0 Å². The fourth-order valence-corrected chi connectivity index (χ4v) is 6.79. The molecule has 0 saturated carbocycles. The molecule has 5 atom stereocenters. The molecule has 3 unspecified atom stereocenters. The van der Waals surface area contributed by atoms with Gasteiger partial charge in [-0.25, -0.2) is 4.57 Å². The third-order valence-electron chi connectivity index (χ3n) is 9.34. The van der Waals surface area contributed by atoms with Crippen LogP contribution in [0.4, 0.5) is 0 Å². The summed E-state index contributed by atoms with van der Waals surface area (Å²) in [5, 5.41) is 18.3. The Balaban J connectivity index is 2.25. The van der Waals surface area contributed by atoms with E-state index in [4.69, 9.17) is 23.8 Å². The average molecular weight is 763 g/mol. The number of epoxide rings is 1. The zero-order chi connectivity index (χ0) is 38.1. The van der Waals surface area contributed by atoms with Gasteiger partial charge >= 0.3 is 19.8 Å². The maximum absolute atomic E-state index is 12.6. The number of phosphoric ester groups is 1. The summed E-state index contributed by atoms with van der Waals surface area (Å²) in [7, 11) is -4.62. The molecule has 1 saturated heterocycles. The number of carbonyl (C=O) groups is 2. The van der Waals surface area contributed by atoms with Gasteiger partial charge in [0, 0.05) is 12.8 Å². The van der Waals surface area contributed by atoms with Gasteiger partial charge in [-0.3, -0.25) is 18.6 Å². The topological polar surface area (TPSA) is 161 Å². The summed E-state index contributed by atoms with van der Waals surface area (Å²) >= 11 is 0. The lowest BCUT2D eigenvalue weighted by Gasteiger charge is -2.20. The van der Waals surface area contributed by atoms with Crippen molar-refractivity contribution in [1.29, 1.82) is 0 Å². The molecular formula is C40H75O11P. The van der Waals surface area contributed by atoms with Gasteiger partial charge in [-0.1, -0.05) is 142 Å². The average Bonchev–Trinajstić information content (AvgIpc) is 3.88. The normalized spacial score (nSPS) is 17.9. The first-order chi connectivity index (χ1) is 25.2. The molecule has 0 spiro atoms. The molecule has 0 aromatic rings. The van der Waals surface area contributed by atoms with E-state index in [2.05, 4.69) is 30.5 Å². The Kier molecular flexibility index (Phi) is 30.9. The number of esters is 2. The standard InChI is InChI=1S/C40H75O11P/c1-3-5-7-8-9-10-11-12-13-14-19-22-26-30-40(44)50-36(34-49-52(45,46)48-32-35(42)31-41)33-47-39(43)29-25-21-18-16-15-17-20-24-28-38-37(51-38)27-23-6-4-2/h20,24,35-38,41-42H,3-19,21-23,25-34H2,1-2H3,(H,45,46)/b24-20-/t35-,36+,37?,38?/m0/s1. The second-order valence-electron chi connectivity index (χ2n) is 14.4. The summed E-state index contributed by atoms with van der Waals surface area (Å²) in [6, 6.07) is 0. The maximum atomic E-state index is 12.6. The van der Waals surface area contributed by atoms with Gasteiger partial charge in [-0.05, 0) is 38.5 Å². The van der Waals surface area contributed by atoms with Crippen molar-refractivity contribution in [2.24, 2.45) is 0 Å². The number of hydrogen-bond donors (Lipinski definition) is 3. The molecule has 12 heteroatoms. The molecule has 1 fully saturated rings. The van der Waals surface area contributed by atoms with E-state index in [1.54, 1.807) is 0 Å². The van der Waals surface area contributed by atoms with E-state index in [-0.39, 0.29) is 19.4 Å². The third-order valence-corrected chi connectivity index (χ3v) is 10.3. The van der Waals surface area contributed by atoms with Gasteiger partial charge in [0.2, 0.25) is 0 Å². The summed E-state index contributed by atoms with van der Waals surface area (Å²) in [6.45, 7) is 2.33. The summed E-state index contributed by atoms with van der Waals surface area (Å²) < 4.78 is 38.4. The van der Waals surface area contributed by atoms with Crippen molar-refractivity contribution in [2.75, 3.05) is 26.4 Å².